The minimum Gasteiger partial charge on any atom is -0.387 e. The number of anilines is 1. The van der Waals surface area contributed by atoms with Crippen molar-refractivity contribution in [2.75, 3.05) is 12.3 Å². The van der Waals surface area contributed by atoms with Gasteiger partial charge in [0, 0.05) is 13.0 Å². The van der Waals surface area contributed by atoms with Crippen LogP contribution in [0.25, 0.3) is 11.2 Å². The lowest BCUT2D eigenvalue weighted by Crippen LogP contribution is -2.37. The smallest absolute Gasteiger partial charge is 0.208 e. The third kappa shape index (κ3) is 4.64. The predicted molar refractivity (Wildman–Crippen MR) is 105 cm³/mol. The Labute approximate surface area is 168 Å². The van der Waals surface area contributed by atoms with Gasteiger partial charge in [-0.3, -0.25) is 9.36 Å². The van der Waals surface area contributed by atoms with E-state index in [0.717, 1.165) is 19.3 Å². The van der Waals surface area contributed by atoms with Gasteiger partial charge in [-0.05, 0) is 12.3 Å². The third-order valence-electron chi connectivity index (χ3n) is 4.82. The van der Waals surface area contributed by atoms with Crippen LogP contribution in [0.4, 0.5) is 5.82 Å². The number of aliphatic hydroxyl groups is 2. The van der Waals surface area contributed by atoms with Gasteiger partial charge in [-0.2, -0.15) is 0 Å². The summed E-state index contributed by atoms with van der Waals surface area (Å²) < 4.78 is 7.22. The van der Waals surface area contributed by atoms with Crippen LogP contribution in [-0.2, 0) is 9.53 Å². The standard InChI is InChI=1S/C19H26N6O4/c1-2-3-4-5-6-7-8-13-23-17(20)14-18(24-13)25(10-22-14)19-16(28)15(27)12(29-19)9-21-11-26/h10-12,15-16,19,27-28H,2-6,9H2,1H3,(H,21,26)(H2,20,23,24)/t12-,15-,16-,19-/m1/s1. The van der Waals surface area contributed by atoms with Crippen LogP contribution in [0.5, 0.6) is 0 Å². The van der Waals surface area contributed by atoms with E-state index in [4.69, 9.17) is 10.5 Å². The Morgan fingerprint density at radius 2 is 2.14 bits per heavy atom. The van der Waals surface area contributed by atoms with Gasteiger partial charge in [0.15, 0.2) is 17.7 Å². The van der Waals surface area contributed by atoms with E-state index in [1.807, 2.05) is 0 Å². The van der Waals surface area contributed by atoms with Crippen molar-refractivity contribution in [2.24, 2.45) is 0 Å². The Balaban J connectivity index is 1.82. The van der Waals surface area contributed by atoms with Gasteiger partial charge in [0.05, 0.1) is 6.33 Å². The van der Waals surface area contributed by atoms with E-state index in [1.165, 1.54) is 23.7 Å². The molecule has 4 atom stereocenters. The SMILES string of the molecule is CCCCCCC#Cc1nc(N)c2ncn([C@@H]3O[C@H](CNC=O)[C@@H](O)[C@H]3O)c2n1. The molecule has 0 aliphatic carbocycles. The second kappa shape index (κ2) is 9.65. The zero-order valence-corrected chi connectivity index (χ0v) is 16.3. The summed E-state index contributed by atoms with van der Waals surface area (Å²) in [5.41, 5.74) is 6.71. The normalized spacial score (nSPS) is 23.7. The maximum Gasteiger partial charge on any atom is 0.208 e. The molecule has 1 saturated heterocycles. The molecule has 1 aliphatic rings. The van der Waals surface area contributed by atoms with Crippen LogP contribution in [0, 0.1) is 11.8 Å². The topological polar surface area (TPSA) is 148 Å². The van der Waals surface area contributed by atoms with Gasteiger partial charge in [0.25, 0.3) is 0 Å². The zero-order valence-electron chi connectivity index (χ0n) is 16.3. The number of nitrogen functional groups attached to an aromatic ring is 1. The van der Waals surface area contributed by atoms with E-state index >= 15 is 0 Å². The predicted octanol–water partition coefficient (Wildman–Crippen LogP) is 0.0956. The lowest BCUT2D eigenvalue weighted by molar-refractivity contribution is -0.110. The van der Waals surface area contributed by atoms with Crippen LogP contribution >= 0.6 is 0 Å². The number of amides is 1. The van der Waals surface area contributed by atoms with Crippen molar-refractivity contribution in [2.45, 2.75) is 63.6 Å². The molecule has 3 heterocycles. The quantitative estimate of drug-likeness (QED) is 0.276. The van der Waals surface area contributed by atoms with Crippen molar-refractivity contribution in [3.8, 4) is 11.8 Å². The molecule has 0 saturated carbocycles. The van der Waals surface area contributed by atoms with E-state index in [0.29, 0.717) is 17.6 Å². The van der Waals surface area contributed by atoms with Crippen molar-refractivity contribution in [1.82, 2.24) is 24.8 Å². The molecule has 0 spiro atoms. The molecular formula is C19H26N6O4. The number of fused-ring (bicyclic) bond motifs is 1. The second-order valence-electron chi connectivity index (χ2n) is 6.94. The molecule has 5 N–H and O–H groups in total. The zero-order chi connectivity index (χ0) is 20.8. The molecule has 0 bridgehead atoms. The molecule has 2 aromatic heterocycles. The monoisotopic (exact) mass is 402 g/mol. The fourth-order valence-corrected chi connectivity index (χ4v) is 3.25. The summed E-state index contributed by atoms with van der Waals surface area (Å²) in [6, 6.07) is 0. The Kier molecular flexibility index (Phi) is 6.98. The number of aromatic nitrogens is 4. The summed E-state index contributed by atoms with van der Waals surface area (Å²) in [5, 5.41) is 23.0. The lowest BCUT2D eigenvalue weighted by Gasteiger charge is -2.16. The van der Waals surface area contributed by atoms with Crippen LogP contribution in [0.3, 0.4) is 0 Å². The molecular weight excluding hydrogens is 376 g/mol. The van der Waals surface area contributed by atoms with E-state index in [-0.39, 0.29) is 18.2 Å². The number of carbonyl (C=O) groups excluding carboxylic acids is 1. The lowest BCUT2D eigenvalue weighted by atomic mass is 10.1. The molecule has 156 valence electrons. The number of imidazole rings is 1. The summed E-state index contributed by atoms with van der Waals surface area (Å²) >= 11 is 0. The average Bonchev–Trinajstić information content (AvgIpc) is 3.25. The van der Waals surface area contributed by atoms with Gasteiger partial charge in [-0.25, -0.2) is 15.0 Å². The Bertz CT molecular complexity index is 905. The highest BCUT2D eigenvalue weighted by atomic mass is 16.6. The third-order valence-corrected chi connectivity index (χ3v) is 4.82. The number of nitrogens with one attached hydrogen (secondary N) is 1. The van der Waals surface area contributed by atoms with Crippen LogP contribution in [-0.4, -0.2) is 61.0 Å². The molecule has 3 rings (SSSR count). The largest absolute Gasteiger partial charge is 0.387 e. The highest BCUT2D eigenvalue weighted by molar-refractivity contribution is 5.82. The number of hydrogen-bond donors (Lipinski definition) is 4. The van der Waals surface area contributed by atoms with Crippen molar-refractivity contribution >= 4 is 23.4 Å². The van der Waals surface area contributed by atoms with Crippen LogP contribution < -0.4 is 11.1 Å². The van der Waals surface area contributed by atoms with E-state index in [2.05, 4.69) is 39.0 Å². The number of nitrogens with zero attached hydrogens (tertiary/aromatic N) is 4. The highest BCUT2D eigenvalue weighted by Gasteiger charge is 2.44. The second-order valence-corrected chi connectivity index (χ2v) is 6.94. The summed E-state index contributed by atoms with van der Waals surface area (Å²) in [5.74, 6) is 6.42. The number of carbonyl (C=O) groups is 1. The maximum absolute atomic E-state index is 10.5. The van der Waals surface area contributed by atoms with E-state index in [9.17, 15) is 15.0 Å². The van der Waals surface area contributed by atoms with Crippen LogP contribution in [0.1, 0.15) is 51.1 Å². The van der Waals surface area contributed by atoms with E-state index < -0.39 is 24.5 Å². The first-order valence-corrected chi connectivity index (χ1v) is 9.74. The minimum atomic E-state index is -1.23. The number of nitrogens with two attached hydrogens (primary N) is 1. The van der Waals surface area contributed by atoms with Gasteiger partial charge >= 0.3 is 0 Å². The summed E-state index contributed by atoms with van der Waals surface area (Å²) in [7, 11) is 0. The molecule has 10 heteroatoms. The summed E-state index contributed by atoms with van der Waals surface area (Å²) in [4.78, 5) is 23.3. The first kappa shape index (κ1) is 21.0. The van der Waals surface area contributed by atoms with Crippen LogP contribution in [0.15, 0.2) is 6.33 Å². The summed E-state index contributed by atoms with van der Waals surface area (Å²) in [6.45, 7) is 2.22. The maximum atomic E-state index is 10.5. The molecule has 10 nitrogen and oxygen atoms in total. The van der Waals surface area contributed by atoms with Gasteiger partial charge in [0.1, 0.15) is 23.8 Å². The van der Waals surface area contributed by atoms with Gasteiger partial charge in [-0.15, -0.1) is 0 Å². The Morgan fingerprint density at radius 3 is 2.90 bits per heavy atom. The first-order chi connectivity index (χ1) is 14.1. The Hall–Kier alpha value is -2.74. The van der Waals surface area contributed by atoms with Crippen molar-refractivity contribution in [1.29, 1.82) is 0 Å². The molecule has 29 heavy (non-hydrogen) atoms. The molecule has 0 unspecified atom stereocenters. The highest BCUT2D eigenvalue weighted by Crippen LogP contribution is 2.31. The molecule has 2 aromatic rings. The summed E-state index contributed by atoms with van der Waals surface area (Å²) in [6.07, 6.45) is 3.10. The number of ether oxygens (including phenoxy) is 1. The van der Waals surface area contributed by atoms with Crippen molar-refractivity contribution < 1.29 is 19.7 Å². The molecule has 0 radical (unpaired) electrons. The number of hydrogen-bond acceptors (Lipinski definition) is 8. The minimum absolute atomic E-state index is 0.0662. The number of unbranched alkanes of at least 4 members (excludes halogenated alkanes) is 4. The van der Waals surface area contributed by atoms with Gasteiger partial charge in [0.2, 0.25) is 12.2 Å². The fraction of sp³-hybridized carbons (Fsp3) is 0.579. The van der Waals surface area contributed by atoms with Gasteiger partial charge in [-0.1, -0.05) is 32.1 Å². The number of rotatable bonds is 8. The molecule has 1 amide bonds. The first-order valence-electron chi connectivity index (χ1n) is 9.74. The van der Waals surface area contributed by atoms with Gasteiger partial charge < -0.3 is 26.0 Å². The molecule has 1 aliphatic heterocycles. The number of aliphatic hydroxyl groups excluding tert-OH is 2. The average molecular weight is 402 g/mol. The van der Waals surface area contributed by atoms with Crippen molar-refractivity contribution in [3.05, 3.63) is 12.2 Å². The Morgan fingerprint density at radius 1 is 1.31 bits per heavy atom. The fourth-order valence-electron chi connectivity index (χ4n) is 3.25. The van der Waals surface area contributed by atoms with Crippen molar-refractivity contribution in [3.63, 3.8) is 0 Å². The van der Waals surface area contributed by atoms with E-state index in [1.54, 1.807) is 0 Å². The molecule has 1 fully saturated rings. The van der Waals surface area contributed by atoms with Crippen LogP contribution in [0.2, 0.25) is 0 Å². The molecule has 0 aromatic carbocycles.